The van der Waals surface area contributed by atoms with Gasteiger partial charge < -0.3 is 15.4 Å². The maximum atomic E-state index is 12.4. The van der Waals surface area contributed by atoms with Gasteiger partial charge in [-0.1, -0.05) is 6.07 Å². The van der Waals surface area contributed by atoms with Gasteiger partial charge in [0.2, 0.25) is 5.91 Å². The van der Waals surface area contributed by atoms with E-state index in [0.717, 1.165) is 0 Å². The van der Waals surface area contributed by atoms with Gasteiger partial charge in [0, 0.05) is 22.8 Å². The quantitative estimate of drug-likeness (QED) is 0.871. The Balaban J connectivity index is 2.20. The number of amides is 2. The van der Waals surface area contributed by atoms with Crippen molar-refractivity contribution < 1.29 is 14.3 Å². The van der Waals surface area contributed by atoms with Crippen LogP contribution in [0.5, 0.6) is 5.75 Å². The number of methoxy groups -OCH3 is 1. The van der Waals surface area contributed by atoms with Gasteiger partial charge in [0.15, 0.2) is 0 Å². The summed E-state index contributed by atoms with van der Waals surface area (Å²) in [7, 11) is 1.54. The van der Waals surface area contributed by atoms with Crippen LogP contribution in [0.15, 0.2) is 46.9 Å². The van der Waals surface area contributed by atoms with E-state index in [9.17, 15) is 9.59 Å². The maximum Gasteiger partial charge on any atom is 0.256 e. The molecule has 0 aromatic heterocycles. The first-order valence-corrected chi connectivity index (χ1v) is 7.31. The summed E-state index contributed by atoms with van der Waals surface area (Å²) >= 11 is 3.35. The van der Waals surface area contributed by atoms with E-state index in [1.807, 2.05) is 0 Å². The molecule has 114 valence electrons. The first kappa shape index (κ1) is 16.0. The molecule has 0 aliphatic rings. The Morgan fingerprint density at radius 3 is 2.36 bits per heavy atom. The van der Waals surface area contributed by atoms with Gasteiger partial charge in [-0.05, 0) is 52.3 Å². The van der Waals surface area contributed by atoms with E-state index in [0.29, 0.717) is 27.2 Å². The number of anilines is 2. The number of nitrogens with one attached hydrogen (secondary N) is 2. The van der Waals surface area contributed by atoms with Crippen molar-refractivity contribution in [2.75, 3.05) is 17.7 Å². The topological polar surface area (TPSA) is 67.4 Å². The zero-order chi connectivity index (χ0) is 16.1. The van der Waals surface area contributed by atoms with Gasteiger partial charge in [0.25, 0.3) is 5.91 Å². The Morgan fingerprint density at radius 1 is 1.05 bits per heavy atom. The Kier molecular flexibility index (Phi) is 5.16. The maximum absolute atomic E-state index is 12.4. The zero-order valence-electron chi connectivity index (χ0n) is 12.1. The predicted molar refractivity (Wildman–Crippen MR) is 89.4 cm³/mol. The zero-order valence-corrected chi connectivity index (χ0v) is 13.7. The van der Waals surface area contributed by atoms with Crippen LogP contribution < -0.4 is 15.4 Å². The predicted octanol–water partition coefficient (Wildman–Crippen LogP) is 3.67. The molecule has 0 aliphatic heterocycles. The normalized spacial score (nSPS) is 9.95. The first-order valence-electron chi connectivity index (χ1n) is 6.52. The highest BCUT2D eigenvalue weighted by Crippen LogP contribution is 2.24. The third-order valence-electron chi connectivity index (χ3n) is 2.86. The molecular weight excluding hydrogens is 348 g/mol. The summed E-state index contributed by atoms with van der Waals surface area (Å²) in [6.45, 7) is 1.43. The highest BCUT2D eigenvalue weighted by Gasteiger charge is 2.12. The van der Waals surface area contributed by atoms with Gasteiger partial charge in [-0.25, -0.2) is 0 Å². The molecule has 0 radical (unpaired) electrons. The Hall–Kier alpha value is -2.34. The van der Waals surface area contributed by atoms with Crippen LogP contribution >= 0.6 is 15.9 Å². The second-order valence-corrected chi connectivity index (χ2v) is 5.42. The van der Waals surface area contributed by atoms with Crippen molar-refractivity contribution in [3.05, 3.63) is 52.5 Å². The van der Waals surface area contributed by atoms with E-state index < -0.39 is 0 Å². The van der Waals surface area contributed by atoms with Crippen LogP contribution in [0.1, 0.15) is 17.3 Å². The lowest BCUT2D eigenvalue weighted by atomic mass is 10.2. The van der Waals surface area contributed by atoms with E-state index in [1.165, 1.54) is 6.92 Å². The van der Waals surface area contributed by atoms with Gasteiger partial charge in [-0.3, -0.25) is 9.59 Å². The minimum absolute atomic E-state index is 0.168. The van der Waals surface area contributed by atoms with Crippen molar-refractivity contribution in [3.63, 3.8) is 0 Å². The summed E-state index contributed by atoms with van der Waals surface area (Å²) in [5.74, 6) is 0.158. The minimum atomic E-state index is -0.272. The fourth-order valence-electron chi connectivity index (χ4n) is 1.88. The van der Waals surface area contributed by atoms with Crippen LogP contribution in [0.2, 0.25) is 0 Å². The summed E-state index contributed by atoms with van der Waals surface area (Å²) in [6, 6.07) is 12.1. The standard InChI is InChI=1S/C16H15BrN2O3/c1-10(20)18-11-4-3-5-12(8-11)19-16(21)14-9-13(22-2)6-7-15(14)17/h3-9H,1-2H3,(H,18,20)(H,19,21). The second kappa shape index (κ2) is 7.09. The van der Waals surface area contributed by atoms with Crippen molar-refractivity contribution >= 4 is 39.1 Å². The van der Waals surface area contributed by atoms with E-state index in [4.69, 9.17) is 4.74 Å². The molecule has 0 spiro atoms. The molecule has 0 atom stereocenters. The van der Waals surface area contributed by atoms with Gasteiger partial charge in [-0.2, -0.15) is 0 Å². The van der Waals surface area contributed by atoms with Gasteiger partial charge in [-0.15, -0.1) is 0 Å². The third-order valence-corrected chi connectivity index (χ3v) is 3.55. The monoisotopic (exact) mass is 362 g/mol. The Morgan fingerprint density at radius 2 is 1.73 bits per heavy atom. The fraction of sp³-hybridized carbons (Fsp3) is 0.125. The Bertz CT molecular complexity index is 716. The number of hydrogen-bond donors (Lipinski definition) is 2. The Labute approximate surface area is 136 Å². The second-order valence-electron chi connectivity index (χ2n) is 4.56. The number of hydrogen-bond acceptors (Lipinski definition) is 3. The third kappa shape index (κ3) is 4.08. The highest BCUT2D eigenvalue weighted by molar-refractivity contribution is 9.10. The molecule has 0 aliphatic carbocycles. The van der Waals surface area contributed by atoms with Crippen molar-refractivity contribution in [1.82, 2.24) is 0 Å². The van der Waals surface area contributed by atoms with Crippen molar-refractivity contribution in [3.8, 4) is 5.75 Å². The van der Waals surface area contributed by atoms with Crippen molar-refractivity contribution in [1.29, 1.82) is 0 Å². The van der Waals surface area contributed by atoms with Crippen LogP contribution in [0.3, 0.4) is 0 Å². The van der Waals surface area contributed by atoms with Crippen molar-refractivity contribution in [2.24, 2.45) is 0 Å². The molecule has 5 nitrogen and oxygen atoms in total. The molecular formula is C16H15BrN2O3. The molecule has 6 heteroatoms. The number of carbonyl (C=O) groups is 2. The SMILES string of the molecule is COc1ccc(Br)c(C(=O)Nc2cccc(NC(C)=O)c2)c1. The number of rotatable bonds is 4. The molecule has 22 heavy (non-hydrogen) atoms. The molecule has 0 saturated heterocycles. The van der Waals surface area contributed by atoms with Gasteiger partial charge in [0.05, 0.1) is 12.7 Å². The molecule has 0 saturated carbocycles. The molecule has 0 heterocycles. The lowest BCUT2D eigenvalue weighted by molar-refractivity contribution is -0.114. The number of benzene rings is 2. The molecule has 2 aromatic rings. The van der Waals surface area contributed by atoms with Crippen LogP contribution in [0.4, 0.5) is 11.4 Å². The molecule has 0 unspecified atom stereocenters. The largest absolute Gasteiger partial charge is 0.497 e. The molecule has 2 N–H and O–H groups in total. The van der Waals surface area contributed by atoms with Crippen LogP contribution in [-0.2, 0) is 4.79 Å². The van der Waals surface area contributed by atoms with E-state index >= 15 is 0 Å². The molecule has 2 rings (SSSR count). The van der Waals surface area contributed by atoms with Gasteiger partial charge >= 0.3 is 0 Å². The number of carbonyl (C=O) groups excluding carboxylic acids is 2. The molecule has 0 bridgehead atoms. The highest BCUT2D eigenvalue weighted by atomic mass is 79.9. The van der Waals surface area contributed by atoms with Crippen LogP contribution in [0.25, 0.3) is 0 Å². The van der Waals surface area contributed by atoms with Gasteiger partial charge in [0.1, 0.15) is 5.75 Å². The first-order chi connectivity index (χ1) is 10.5. The summed E-state index contributed by atoms with van der Waals surface area (Å²) in [6.07, 6.45) is 0. The lowest BCUT2D eigenvalue weighted by Gasteiger charge is -2.10. The van der Waals surface area contributed by atoms with Crippen LogP contribution in [-0.4, -0.2) is 18.9 Å². The average Bonchev–Trinajstić information content (AvgIpc) is 2.47. The molecule has 0 fully saturated rings. The number of halogens is 1. The molecule has 2 aromatic carbocycles. The summed E-state index contributed by atoms with van der Waals surface area (Å²) in [4.78, 5) is 23.4. The van der Waals surface area contributed by atoms with E-state index in [2.05, 4.69) is 26.6 Å². The smallest absolute Gasteiger partial charge is 0.256 e. The summed E-state index contributed by atoms with van der Waals surface area (Å²) in [5.41, 5.74) is 1.67. The number of ether oxygens (including phenoxy) is 1. The van der Waals surface area contributed by atoms with Crippen LogP contribution in [0, 0.1) is 0 Å². The minimum Gasteiger partial charge on any atom is -0.497 e. The lowest BCUT2D eigenvalue weighted by Crippen LogP contribution is -2.13. The molecule has 2 amide bonds. The summed E-state index contributed by atoms with van der Waals surface area (Å²) < 4.78 is 5.79. The van der Waals surface area contributed by atoms with Crippen molar-refractivity contribution in [2.45, 2.75) is 6.92 Å². The van der Waals surface area contributed by atoms with E-state index in [1.54, 1.807) is 49.6 Å². The average molecular weight is 363 g/mol. The van der Waals surface area contributed by atoms with E-state index in [-0.39, 0.29) is 11.8 Å². The summed E-state index contributed by atoms with van der Waals surface area (Å²) in [5, 5.41) is 5.46. The fourth-order valence-corrected chi connectivity index (χ4v) is 2.31.